The second-order valence-corrected chi connectivity index (χ2v) is 4.47. The third-order valence-corrected chi connectivity index (χ3v) is 3.02. The number of imidazole rings is 1. The number of rotatable bonds is 3. The predicted molar refractivity (Wildman–Crippen MR) is 76.9 cm³/mol. The first-order valence-electron chi connectivity index (χ1n) is 6.27. The van der Waals surface area contributed by atoms with Crippen LogP contribution < -0.4 is 4.74 Å². The second-order valence-electron chi connectivity index (χ2n) is 4.47. The molecule has 100 valence electrons. The quantitative estimate of drug-likeness (QED) is 0.626. The topological polar surface area (TPSA) is 39.4 Å². The normalized spacial score (nSPS) is 11.7. The number of para-hydroxylation sites is 1. The molecule has 0 saturated heterocycles. The number of aliphatic imine (C=N–C) groups is 1. The standard InChI is InChI=1S/C15H19N3O/c1-11-10-18(13(3)17-11)12(2)16-9-14-7-5-6-8-15(14)19-4/h5-8,10H,9H2,1-4H3. The maximum atomic E-state index is 5.32. The Bertz CT molecular complexity index is 599. The molecule has 0 fully saturated rings. The van der Waals surface area contributed by atoms with Crippen molar-refractivity contribution in [3.8, 4) is 5.75 Å². The fourth-order valence-corrected chi connectivity index (χ4v) is 2.06. The van der Waals surface area contributed by atoms with Crippen LogP contribution >= 0.6 is 0 Å². The molecule has 0 amide bonds. The van der Waals surface area contributed by atoms with Crippen molar-refractivity contribution in [2.24, 2.45) is 4.99 Å². The van der Waals surface area contributed by atoms with E-state index in [2.05, 4.69) is 9.98 Å². The first-order valence-corrected chi connectivity index (χ1v) is 6.27. The summed E-state index contributed by atoms with van der Waals surface area (Å²) in [4.78, 5) is 8.99. The summed E-state index contributed by atoms with van der Waals surface area (Å²) in [6.45, 7) is 6.56. The summed E-state index contributed by atoms with van der Waals surface area (Å²) in [6, 6.07) is 7.94. The Morgan fingerprint density at radius 1 is 1.32 bits per heavy atom. The Balaban J connectivity index is 2.20. The highest BCUT2D eigenvalue weighted by molar-refractivity contribution is 5.82. The molecule has 0 aliphatic rings. The lowest BCUT2D eigenvalue weighted by Gasteiger charge is -2.07. The summed E-state index contributed by atoms with van der Waals surface area (Å²) in [5.41, 5.74) is 2.09. The highest BCUT2D eigenvalue weighted by Crippen LogP contribution is 2.18. The maximum absolute atomic E-state index is 5.32. The van der Waals surface area contributed by atoms with Crippen LogP contribution in [0.1, 0.15) is 24.0 Å². The molecule has 1 aromatic carbocycles. The summed E-state index contributed by atoms with van der Waals surface area (Å²) >= 11 is 0. The van der Waals surface area contributed by atoms with Crippen molar-refractivity contribution in [3.05, 3.63) is 47.5 Å². The largest absolute Gasteiger partial charge is 0.496 e. The lowest BCUT2D eigenvalue weighted by Crippen LogP contribution is -2.08. The van der Waals surface area contributed by atoms with E-state index in [0.717, 1.165) is 28.7 Å². The lowest BCUT2D eigenvalue weighted by molar-refractivity contribution is 0.410. The number of ether oxygens (including phenoxy) is 1. The van der Waals surface area contributed by atoms with Gasteiger partial charge < -0.3 is 4.74 Å². The number of methoxy groups -OCH3 is 1. The van der Waals surface area contributed by atoms with Crippen LogP contribution in [0.3, 0.4) is 0 Å². The van der Waals surface area contributed by atoms with Gasteiger partial charge in [-0.3, -0.25) is 9.56 Å². The summed E-state index contributed by atoms with van der Waals surface area (Å²) in [5.74, 6) is 2.76. The van der Waals surface area contributed by atoms with Gasteiger partial charge in [-0.15, -0.1) is 0 Å². The average molecular weight is 257 g/mol. The van der Waals surface area contributed by atoms with Crippen molar-refractivity contribution in [3.63, 3.8) is 0 Å². The van der Waals surface area contributed by atoms with Crippen LogP contribution in [0.25, 0.3) is 0 Å². The molecule has 0 N–H and O–H groups in total. The molecule has 2 rings (SSSR count). The molecule has 1 heterocycles. The molecule has 0 radical (unpaired) electrons. The maximum Gasteiger partial charge on any atom is 0.123 e. The minimum absolute atomic E-state index is 0.604. The highest BCUT2D eigenvalue weighted by Gasteiger charge is 2.04. The highest BCUT2D eigenvalue weighted by atomic mass is 16.5. The van der Waals surface area contributed by atoms with Gasteiger partial charge in [0.05, 0.1) is 19.3 Å². The minimum Gasteiger partial charge on any atom is -0.496 e. The third kappa shape index (κ3) is 3.02. The number of aromatic nitrogens is 2. The zero-order valence-electron chi connectivity index (χ0n) is 11.8. The number of hydrogen-bond acceptors (Lipinski definition) is 3. The molecule has 0 unspecified atom stereocenters. The van der Waals surface area contributed by atoms with Gasteiger partial charge >= 0.3 is 0 Å². The van der Waals surface area contributed by atoms with Gasteiger partial charge in [-0.1, -0.05) is 18.2 Å². The van der Waals surface area contributed by atoms with E-state index in [9.17, 15) is 0 Å². The van der Waals surface area contributed by atoms with E-state index in [4.69, 9.17) is 4.74 Å². The van der Waals surface area contributed by atoms with E-state index in [1.165, 1.54) is 0 Å². The zero-order valence-corrected chi connectivity index (χ0v) is 11.8. The second kappa shape index (κ2) is 5.69. The van der Waals surface area contributed by atoms with Gasteiger partial charge in [0.15, 0.2) is 0 Å². The third-order valence-electron chi connectivity index (χ3n) is 3.02. The van der Waals surface area contributed by atoms with Crippen LogP contribution in [0.5, 0.6) is 5.75 Å². The fourth-order valence-electron chi connectivity index (χ4n) is 2.06. The van der Waals surface area contributed by atoms with Gasteiger partial charge in [0.25, 0.3) is 0 Å². The van der Waals surface area contributed by atoms with Crippen molar-refractivity contribution in [2.75, 3.05) is 7.11 Å². The van der Waals surface area contributed by atoms with E-state index >= 15 is 0 Å². The smallest absolute Gasteiger partial charge is 0.123 e. The average Bonchev–Trinajstić information content (AvgIpc) is 2.75. The summed E-state index contributed by atoms with van der Waals surface area (Å²) in [6.07, 6.45) is 2.00. The summed E-state index contributed by atoms with van der Waals surface area (Å²) in [5, 5.41) is 0. The van der Waals surface area contributed by atoms with E-state index in [-0.39, 0.29) is 0 Å². The number of hydrogen-bond donors (Lipinski definition) is 0. The van der Waals surface area contributed by atoms with E-state index < -0.39 is 0 Å². The van der Waals surface area contributed by atoms with Crippen LogP contribution in [-0.4, -0.2) is 22.5 Å². The van der Waals surface area contributed by atoms with Gasteiger partial charge in [-0.05, 0) is 26.8 Å². The van der Waals surface area contributed by atoms with Crippen LogP contribution in [0.2, 0.25) is 0 Å². The molecule has 0 atom stereocenters. The molecule has 0 aliphatic heterocycles. The Labute approximate surface area is 113 Å². The van der Waals surface area contributed by atoms with Gasteiger partial charge in [-0.25, -0.2) is 4.98 Å². The van der Waals surface area contributed by atoms with Gasteiger partial charge in [0.1, 0.15) is 17.4 Å². The first-order chi connectivity index (χ1) is 9.11. The Morgan fingerprint density at radius 3 is 2.68 bits per heavy atom. The molecule has 0 spiro atoms. The predicted octanol–water partition coefficient (Wildman–Crippen LogP) is 2.98. The van der Waals surface area contributed by atoms with Crippen molar-refractivity contribution in [1.82, 2.24) is 9.55 Å². The van der Waals surface area contributed by atoms with E-state index in [0.29, 0.717) is 6.54 Å². The van der Waals surface area contributed by atoms with E-state index in [1.807, 2.05) is 55.8 Å². The summed E-state index contributed by atoms with van der Waals surface area (Å²) in [7, 11) is 1.68. The van der Waals surface area contributed by atoms with Gasteiger partial charge in [-0.2, -0.15) is 0 Å². The van der Waals surface area contributed by atoms with Crippen LogP contribution in [0.15, 0.2) is 35.5 Å². The molecule has 0 bridgehead atoms. The Hall–Kier alpha value is -2.10. The fraction of sp³-hybridized carbons (Fsp3) is 0.333. The first kappa shape index (κ1) is 13.3. The van der Waals surface area contributed by atoms with Crippen molar-refractivity contribution >= 4 is 5.84 Å². The summed E-state index contributed by atoms with van der Waals surface area (Å²) < 4.78 is 7.33. The molecule has 0 saturated carbocycles. The Morgan fingerprint density at radius 2 is 2.05 bits per heavy atom. The van der Waals surface area contributed by atoms with Gasteiger partial charge in [0, 0.05) is 11.8 Å². The van der Waals surface area contributed by atoms with Crippen molar-refractivity contribution < 1.29 is 4.74 Å². The molecular weight excluding hydrogens is 238 g/mol. The molecule has 19 heavy (non-hydrogen) atoms. The number of aryl methyl sites for hydroxylation is 2. The van der Waals surface area contributed by atoms with Gasteiger partial charge in [0.2, 0.25) is 0 Å². The minimum atomic E-state index is 0.604. The van der Waals surface area contributed by atoms with Crippen LogP contribution in [0, 0.1) is 13.8 Å². The molecule has 2 aromatic rings. The zero-order chi connectivity index (χ0) is 13.8. The number of benzene rings is 1. The monoisotopic (exact) mass is 257 g/mol. The molecule has 0 aliphatic carbocycles. The van der Waals surface area contributed by atoms with Crippen molar-refractivity contribution in [2.45, 2.75) is 27.3 Å². The van der Waals surface area contributed by atoms with E-state index in [1.54, 1.807) is 7.11 Å². The van der Waals surface area contributed by atoms with Crippen LogP contribution in [0.4, 0.5) is 0 Å². The van der Waals surface area contributed by atoms with Crippen molar-refractivity contribution in [1.29, 1.82) is 0 Å². The number of nitrogens with zero attached hydrogens (tertiary/aromatic N) is 3. The molecular formula is C15H19N3O. The Kier molecular flexibility index (Phi) is 4.00. The molecule has 4 nitrogen and oxygen atoms in total. The lowest BCUT2D eigenvalue weighted by atomic mass is 10.2. The molecule has 4 heteroatoms. The molecule has 1 aromatic heterocycles. The SMILES string of the molecule is COc1ccccc1CN=C(C)n1cc(C)nc1C. The van der Waals surface area contributed by atoms with Crippen LogP contribution in [-0.2, 0) is 6.54 Å².